The van der Waals surface area contributed by atoms with E-state index < -0.39 is 0 Å². The van der Waals surface area contributed by atoms with Crippen molar-refractivity contribution < 1.29 is 9.59 Å². The maximum absolute atomic E-state index is 12.3. The lowest BCUT2D eigenvalue weighted by atomic mass is 9.82. The average molecular weight is 245 g/mol. The Morgan fingerprint density at radius 3 is 2.39 bits per heavy atom. The SMILES string of the molecule is CCC1(C(=O)Nc2ccc(C=O)cc2)CCCC1. The Labute approximate surface area is 108 Å². The van der Waals surface area contributed by atoms with Crippen LogP contribution < -0.4 is 5.32 Å². The first-order valence-corrected chi connectivity index (χ1v) is 6.57. The maximum Gasteiger partial charge on any atom is 0.230 e. The molecule has 2 rings (SSSR count). The Morgan fingerprint density at radius 1 is 1.28 bits per heavy atom. The topological polar surface area (TPSA) is 46.2 Å². The van der Waals surface area contributed by atoms with Gasteiger partial charge in [-0.05, 0) is 43.5 Å². The van der Waals surface area contributed by atoms with Crippen LogP contribution in [0.5, 0.6) is 0 Å². The number of rotatable bonds is 4. The molecule has 1 aliphatic carbocycles. The molecule has 0 unspecified atom stereocenters. The van der Waals surface area contributed by atoms with Crippen molar-refractivity contribution in [2.45, 2.75) is 39.0 Å². The zero-order chi connectivity index (χ0) is 13.0. The Kier molecular flexibility index (Phi) is 3.80. The molecule has 0 aliphatic heterocycles. The Morgan fingerprint density at radius 2 is 1.89 bits per heavy atom. The van der Waals surface area contributed by atoms with Gasteiger partial charge in [0, 0.05) is 16.7 Å². The van der Waals surface area contributed by atoms with Crippen molar-refractivity contribution in [1.29, 1.82) is 0 Å². The summed E-state index contributed by atoms with van der Waals surface area (Å²) < 4.78 is 0. The van der Waals surface area contributed by atoms with Gasteiger partial charge in [-0.25, -0.2) is 0 Å². The number of aldehydes is 1. The van der Waals surface area contributed by atoms with Crippen LogP contribution in [0.2, 0.25) is 0 Å². The van der Waals surface area contributed by atoms with Gasteiger partial charge in [0.25, 0.3) is 0 Å². The van der Waals surface area contributed by atoms with Crippen molar-refractivity contribution in [2.75, 3.05) is 5.32 Å². The Balaban J connectivity index is 2.07. The minimum absolute atomic E-state index is 0.126. The molecule has 1 saturated carbocycles. The van der Waals surface area contributed by atoms with Crippen molar-refractivity contribution in [2.24, 2.45) is 5.41 Å². The molecule has 1 aliphatic rings. The van der Waals surface area contributed by atoms with Crippen LogP contribution in [0, 0.1) is 5.41 Å². The molecule has 96 valence electrons. The van der Waals surface area contributed by atoms with Crippen molar-refractivity contribution in [3.05, 3.63) is 29.8 Å². The van der Waals surface area contributed by atoms with Crippen LogP contribution in [0.4, 0.5) is 5.69 Å². The van der Waals surface area contributed by atoms with Gasteiger partial charge in [0.15, 0.2) is 0 Å². The molecule has 1 aromatic rings. The summed E-state index contributed by atoms with van der Waals surface area (Å²) in [7, 11) is 0. The van der Waals surface area contributed by atoms with E-state index in [9.17, 15) is 9.59 Å². The zero-order valence-electron chi connectivity index (χ0n) is 10.7. The van der Waals surface area contributed by atoms with E-state index in [1.807, 2.05) is 0 Å². The molecule has 1 amide bonds. The summed E-state index contributed by atoms with van der Waals surface area (Å²) in [5.41, 5.74) is 1.22. The largest absolute Gasteiger partial charge is 0.326 e. The number of amides is 1. The van der Waals surface area contributed by atoms with E-state index in [0.717, 1.165) is 44.1 Å². The molecule has 0 aromatic heterocycles. The monoisotopic (exact) mass is 245 g/mol. The number of hydrogen-bond donors (Lipinski definition) is 1. The molecule has 18 heavy (non-hydrogen) atoms. The average Bonchev–Trinajstić information content (AvgIpc) is 2.89. The van der Waals surface area contributed by atoms with Crippen LogP contribution in [0.25, 0.3) is 0 Å². The van der Waals surface area contributed by atoms with Gasteiger partial charge in [-0.1, -0.05) is 19.8 Å². The summed E-state index contributed by atoms with van der Waals surface area (Å²) in [6.45, 7) is 2.08. The van der Waals surface area contributed by atoms with Gasteiger partial charge in [0.05, 0.1) is 0 Å². The molecule has 1 aromatic carbocycles. The van der Waals surface area contributed by atoms with Gasteiger partial charge in [-0.2, -0.15) is 0 Å². The van der Waals surface area contributed by atoms with Crippen molar-refractivity contribution in [1.82, 2.24) is 0 Å². The molecular weight excluding hydrogens is 226 g/mol. The van der Waals surface area contributed by atoms with Crippen molar-refractivity contribution >= 4 is 17.9 Å². The van der Waals surface area contributed by atoms with E-state index >= 15 is 0 Å². The van der Waals surface area contributed by atoms with Gasteiger partial charge < -0.3 is 5.32 Å². The molecule has 0 atom stereocenters. The fourth-order valence-electron chi connectivity index (χ4n) is 2.70. The molecule has 1 fully saturated rings. The third-order valence-corrected chi connectivity index (χ3v) is 4.02. The molecule has 3 heteroatoms. The quantitative estimate of drug-likeness (QED) is 0.826. The summed E-state index contributed by atoms with van der Waals surface area (Å²) >= 11 is 0. The van der Waals surface area contributed by atoms with E-state index in [1.54, 1.807) is 24.3 Å². The minimum Gasteiger partial charge on any atom is -0.326 e. The molecule has 0 radical (unpaired) electrons. The lowest BCUT2D eigenvalue weighted by Crippen LogP contribution is -2.33. The van der Waals surface area contributed by atoms with E-state index in [4.69, 9.17) is 0 Å². The second-order valence-corrected chi connectivity index (χ2v) is 5.03. The highest BCUT2D eigenvalue weighted by atomic mass is 16.2. The smallest absolute Gasteiger partial charge is 0.230 e. The van der Waals surface area contributed by atoms with Crippen LogP contribution in [-0.2, 0) is 4.79 Å². The molecule has 3 nitrogen and oxygen atoms in total. The number of anilines is 1. The molecule has 0 bridgehead atoms. The first kappa shape index (κ1) is 12.8. The Hall–Kier alpha value is -1.64. The van der Waals surface area contributed by atoms with E-state index in [-0.39, 0.29) is 11.3 Å². The summed E-state index contributed by atoms with van der Waals surface area (Å²) in [6.07, 6.45) is 5.96. The zero-order valence-corrected chi connectivity index (χ0v) is 10.7. The van der Waals surface area contributed by atoms with Gasteiger partial charge in [-0.3, -0.25) is 9.59 Å². The fourth-order valence-corrected chi connectivity index (χ4v) is 2.70. The molecule has 1 N–H and O–H groups in total. The van der Waals surface area contributed by atoms with Crippen LogP contribution in [0.15, 0.2) is 24.3 Å². The summed E-state index contributed by atoms with van der Waals surface area (Å²) in [5.74, 6) is 0.126. The van der Waals surface area contributed by atoms with Crippen LogP contribution in [0.1, 0.15) is 49.4 Å². The maximum atomic E-state index is 12.3. The molecule has 0 heterocycles. The highest BCUT2D eigenvalue weighted by Gasteiger charge is 2.39. The standard InChI is InChI=1S/C15H19NO2/c1-2-15(9-3-4-10-15)14(18)16-13-7-5-12(11-17)6-8-13/h5-8,11H,2-4,9-10H2,1H3,(H,16,18). The van der Waals surface area contributed by atoms with Gasteiger partial charge in [0.1, 0.15) is 6.29 Å². The van der Waals surface area contributed by atoms with Crippen molar-refractivity contribution in [3.63, 3.8) is 0 Å². The number of hydrogen-bond acceptors (Lipinski definition) is 2. The highest BCUT2D eigenvalue weighted by molar-refractivity contribution is 5.95. The van der Waals surface area contributed by atoms with Crippen LogP contribution in [0.3, 0.4) is 0 Å². The van der Waals surface area contributed by atoms with Crippen LogP contribution >= 0.6 is 0 Å². The third kappa shape index (κ3) is 2.45. The normalized spacial score (nSPS) is 17.4. The second kappa shape index (κ2) is 5.34. The number of benzene rings is 1. The molecular formula is C15H19NO2. The number of carbonyl (C=O) groups is 2. The third-order valence-electron chi connectivity index (χ3n) is 4.02. The van der Waals surface area contributed by atoms with E-state index in [2.05, 4.69) is 12.2 Å². The Bertz CT molecular complexity index is 430. The molecule has 0 saturated heterocycles. The predicted octanol–water partition coefficient (Wildman–Crippen LogP) is 3.41. The number of nitrogens with one attached hydrogen (secondary N) is 1. The summed E-state index contributed by atoms with van der Waals surface area (Å²) in [4.78, 5) is 22.9. The minimum atomic E-state index is -0.177. The van der Waals surface area contributed by atoms with Crippen LogP contribution in [-0.4, -0.2) is 12.2 Å². The summed E-state index contributed by atoms with van der Waals surface area (Å²) in [6, 6.07) is 6.99. The van der Waals surface area contributed by atoms with Gasteiger partial charge in [0.2, 0.25) is 5.91 Å². The van der Waals surface area contributed by atoms with Gasteiger partial charge >= 0.3 is 0 Å². The van der Waals surface area contributed by atoms with E-state index in [1.165, 1.54) is 0 Å². The molecule has 0 spiro atoms. The summed E-state index contributed by atoms with van der Waals surface area (Å²) in [5, 5.41) is 2.97. The second-order valence-electron chi connectivity index (χ2n) is 5.03. The fraction of sp³-hybridized carbons (Fsp3) is 0.467. The van der Waals surface area contributed by atoms with Crippen molar-refractivity contribution in [3.8, 4) is 0 Å². The first-order chi connectivity index (χ1) is 8.70. The predicted molar refractivity (Wildman–Crippen MR) is 71.7 cm³/mol. The lowest BCUT2D eigenvalue weighted by Gasteiger charge is -2.26. The lowest BCUT2D eigenvalue weighted by molar-refractivity contribution is -0.125. The first-order valence-electron chi connectivity index (χ1n) is 6.57. The van der Waals surface area contributed by atoms with E-state index in [0.29, 0.717) is 5.56 Å². The highest BCUT2D eigenvalue weighted by Crippen LogP contribution is 2.41. The van der Waals surface area contributed by atoms with Gasteiger partial charge in [-0.15, -0.1) is 0 Å². The number of carbonyl (C=O) groups excluding carboxylic acids is 2.